The molecule has 0 amide bonds. The molecule has 0 spiro atoms. The lowest BCUT2D eigenvalue weighted by Gasteiger charge is -2.33. The Kier molecular flexibility index (Phi) is 17.3. The average Bonchev–Trinajstić information content (AvgIpc) is 2.99. The number of para-hydroxylation sites is 1. The molecule has 0 saturated heterocycles. The van der Waals surface area contributed by atoms with E-state index in [1.165, 1.54) is 24.3 Å². The summed E-state index contributed by atoms with van der Waals surface area (Å²) in [4.78, 5) is 89.6. The number of ether oxygens (including phenoxy) is 5. The zero-order chi connectivity index (χ0) is 36.3. The van der Waals surface area contributed by atoms with Crippen LogP contribution in [0, 0.1) is 26.1 Å². The predicted octanol–water partition coefficient (Wildman–Crippen LogP) is 3.72. The molecule has 1 aromatic carbocycles. The number of hydrogen-bond acceptors (Lipinski definition) is 16. The van der Waals surface area contributed by atoms with Gasteiger partial charge in [0.15, 0.2) is 13.2 Å². The first-order valence-corrected chi connectivity index (χ1v) is 15.1. The van der Waals surface area contributed by atoms with Gasteiger partial charge in [0.25, 0.3) is 10.2 Å². The summed E-state index contributed by atoms with van der Waals surface area (Å²) in [6, 6.07) is 5.68. The molecule has 1 atom stereocenters. The lowest BCUT2D eigenvalue weighted by molar-refractivity contribution is -0.757. The second-order valence-electron chi connectivity index (χ2n) is 11.6. The maximum Gasteiger partial charge on any atom is 0.349 e. The highest BCUT2D eigenvalue weighted by Crippen LogP contribution is 2.27. The Morgan fingerprint density at radius 3 is 2.06 bits per heavy atom. The zero-order valence-electron chi connectivity index (χ0n) is 27.6. The third kappa shape index (κ3) is 17.0. The normalized spacial score (nSPS) is 11.8. The van der Waals surface area contributed by atoms with Crippen LogP contribution in [0.5, 0.6) is 5.75 Å². The fourth-order valence-electron chi connectivity index (χ4n) is 3.87. The highest BCUT2D eigenvalue weighted by Gasteiger charge is 2.38. The molecule has 0 heterocycles. The molecule has 0 aliphatic heterocycles. The van der Waals surface area contributed by atoms with Gasteiger partial charge in [-0.25, -0.2) is 14.4 Å². The minimum atomic E-state index is -1.20. The van der Waals surface area contributed by atoms with E-state index in [9.17, 15) is 44.2 Å². The molecule has 0 saturated carbocycles. The minimum Gasteiger partial charge on any atom is -0.462 e. The van der Waals surface area contributed by atoms with Gasteiger partial charge >= 0.3 is 29.8 Å². The van der Waals surface area contributed by atoms with Crippen LogP contribution < -0.4 is 4.74 Å². The third-order valence-corrected chi connectivity index (χ3v) is 6.75. The van der Waals surface area contributed by atoms with Crippen molar-refractivity contribution in [3.8, 4) is 5.75 Å². The number of benzene rings is 1. The van der Waals surface area contributed by atoms with E-state index in [1.807, 2.05) is 0 Å². The van der Waals surface area contributed by atoms with Gasteiger partial charge in [-0.15, -0.1) is 20.2 Å². The third-order valence-electron chi connectivity index (χ3n) is 6.75. The summed E-state index contributed by atoms with van der Waals surface area (Å²) in [6.45, 7) is 6.32. The van der Waals surface area contributed by atoms with Crippen LogP contribution in [0.15, 0.2) is 24.3 Å². The highest BCUT2D eigenvalue weighted by molar-refractivity contribution is 5.93. The Bertz CT molecular complexity index is 1280. The monoisotopic (exact) mass is 686 g/mol. The van der Waals surface area contributed by atoms with Gasteiger partial charge < -0.3 is 33.4 Å². The van der Waals surface area contributed by atoms with Gasteiger partial charge in [-0.05, 0) is 85.3 Å². The number of unbranched alkanes of at least 4 members (excludes halogenated alkanes) is 3. The highest BCUT2D eigenvalue weighted by atomic mass is 17.0. The van der Waals surface area contributed by atoms with Crippen molar-refractivity contribution in [1.82, 2.24) is 0 Å². The second-order valence-corrected chi connectivity index (χ2v) is 11.6. The summed E-state index contributed by atoms with van der Waals surface area (Å²) in [5, 5.41) is 18.3. The molecular weight excluding hydrogens is 644 g/mol. The van der Waals surface area contributed by atoms with E-state index in [2.05, 4.69) is 14.4 Å². The van der Waals surface area contributed by atoms with Crippen molar-refractivity contribution in [2.45, 2.75) is 90.8 Å². The molecule has 0 aromatic heterocycles. The predicted molar refractivity (Wildman–Crippen MR) is 161 cm³/mol. The molecule has 1 rings (SSSR count). The second kappa shape index (κ2) is 20.3. The Hall–Kier alpha value is -5.03. The molecule has 48 heavy (non-hydrogen) atoms. The van der Waals surface area contributed by atoms with Gasteiger partial charge in [0.05, 0.1) is 19.1 Å². The molecule has 18 heteroatoms. The van der Waals surface area contributed by atoms with Crippen molar-refractivity contribution < 1.29 is 67.5 Å². The van der Waals surface area contributed by atoms with Crippen molar-refractivity contribution in [2.24, 2.45) is 5.92 Å². The summed E-state index contributed by atoms with van der Waals surface area (Å²) in [7, 11) is 0. The number of carbonyl (C=O) groups is 5. The SMILES string of the molecule is CC(C(=O)OC(C)(C)CCCCO[N+](=O)[O-])C(C)(C)OC(=O)CCCCCOC(=O)c1ccccc1OC(=O)COC(=O)CO[N+](=O)[O-]. The van der Waals surface area contributed by atoms with E-state index in [0.717, 1.165) is 0 Å². The Morgan fingerprint density at radius 1 is 0.750 bits per heavy atom. The van der Waals surface area contributed by atoms with Crippen molar-refractivity contribution in [2.75, 3.05) is 26.4 Å². The van der Waals surface area contributed by atoms with E-state index in [0.29, 0.717) is 38.5 Å². The first kappa shape index (κ1) is 41.0. The van der Waals surface area contributed by atoms with E-state index >= 15 is 0 Å². The minimum absolute atomic E-state index is 0.00285. The van der Waals surface area contributed by atoms with E-state index < -0.39 is 70.4 Å². The molecule has 0 aliphatic rings. The number of rotatable bonds is 23. The molecular formula is C30H42N2O16. The fraction of sp³-hybridized carbons (Fsp3) is 0.633. The topological polar surface area (TPSA) is 236 Å². The molecule has 1 aromatic rings. The maximum atomic E-state index is 12.8. The van der Waals surface area contributed by atoms with Gasteiger partial charge in [0.1, 0.15) is 22.5 Å². The average molecular weight is 687 g/mol. The number of hydrogen-bond donors (Lipinski definition) is 0. The largest absolute Gasteiger partial charge is 0.462 e. The zero-order valence-corrected chi connectivity index (χ0v) is 27.6. The van der Waals surface area contributed by atoms with Gasteiger partial charge in [-0.3, -0.25) is 9.59 Å². The van der Waals surface area contributed by atoms with Crippen molar-refractivity contribution in [3.63, 3.8) is 0 Å². The lowest BCUT2D eigenvalue weighted by Crippen LogP contribution is -2.43. The quantitative estimate of drug-likeness (QED) is 0.0398. The molecule has 18 nitrogen and oxygen atoms in total. The maximum absolute atomic E-state index is 12.8. The van der Waals surface area contributed by atoms with Crippen LogP contribution in [0.25, 0.3) is 0 Å². The van der Waals surface area contributed by atoms with Crippen LogP contribution in [0.1, 0.15) is 89.9 Å². The van der Waals surface area contributed by atoms with Gasteiger partial charge in [-0.2, -0.15) is 0 Å². The van der Waals surface area contributed by atoms with E-state index in [1.54, 1.807) is 34.6 Å². The smallest absolute Gasteiger partial charge is 0.349 e. The van der Waals surface area contributed by atoms with Crippen molar-refractivity contribution in [3.05, 3.63) is 50.1 Å². The van der Waals surface area contributed by atoms with Crippen LogP contribution in [0.3, 0.4) is 0 Å². The summed E-state index contributed by atoms with van der Waals surface area (Å²) in [5.74, 6) is -5.02. The molecule has 0 radical (unpaired) electrons. The van der Waals surface area contributed by atoms with Crippen LogP contribution in [0.4, 0.5) is 0 Å². The number of esters is 5. The Labute approximate surface area is 276 Å². The molecule has 0 aliphatic carbocycles. The van der Waals surface area contributed by atoms with Gasteiger partial charge in [-0.1, -0.05) is 12.1 Å². The standard InChI is InChI=1S/C30H42N2O16/c1-21(27(36)48-29(2,3)16-10-12-18-44-31(38)39)30(4,5)47-24(33)15-7-6-11-17-42-28(37)22-13-8-9-14-23(22)46-26(35)19-43-25(34)20-45-32(40)41/h8-9,13-14,21H,6-7,10-12,15-20H2,1-5H3. The molecule has 0 fully saturated rings. The Morgan fingerprint density at radius 2 is 1.40 bits per heavy atom. The summed E-state index contributed by atoms with van der Waals surface area (Å²) in [5.41, 5.74) is -2.08. The Balaban J connectivity index is 2.41. The molecule has 0 N–H and O–H groups in total. The number of carbonyl (C=O) groups excluding carboxylic acids is 5. The lowest BCUT2D eigenvalue weighted by atomic mass is 9.92. The molecule has 0 bridgehead atoms. The fourth-order valence-corrected chi connectivity index (χ4v) is 3.87. The summed E-state index contributed by atoms with van der Waals surface area (Å²) in [6.07, 6.45) is 2.79. The summed E-state index contributed by atoms with van der Waals surface area (Å²) >= 11 is 0. The first-order valence-electron chi connectivity index (χ1n) is 15.1. The number of nitrogens with zero attached hydrogens (tertiary/aromatic N) is 2. The van der Waals surface area contributed by atoms with E-state index in [4.69, 9.17) is 18.9 Å². The van der Waals surface area contributed by atoms with Gasteiger partial charge in [0, 0.05) is 6.42 Å². The molecule has 1 unspecified atom stereocenters. The van der Waals surface area contributed by atoms with Crippen molar-refractivity contribution >= 4 is 29.8 Å². The van der Waals surface area contributed by atoms with Gasteiger partial charge in [0.2, 0.25) is 0 Å². The van der Waals surface area contributed by atoms with Crippen LogP contribution in [-0.4, -0.2) is 77.6 Å². The summed E-state index contributed by atoms with van der Waals surface area (Å²) < 4.78 is 26.0. The van der Waals surface area contributed by atoms with Crippen LogP contribution in [0.2, 0.25) is 0 Å². The first-order chi connectivity index (χ1) is 22.4. The van der Waals surface area contributed by atoms with Crippen LogP contribution in [-0.2, 0) is 47.8 Å². The van der Waals surface area contributed by atoms with E-state index in [-0.39, 0.29) is 30.9 Å². The molecule has 268 valence electrons. The van der Waals surface area contributed by atoms with Crippen molar-refractivity contribution in [1.29, 1.82) is 0 Å². The van der Waals surface area contributed by atoms with Crippen LogP contribution >= 0.6 is 0 Å².